The number of methoxy groups -OCH3 is 1. The minimum Gasteiger partial charge on any atom is -0.497 e. The van der Waals surface area contributed by atoms with E-state index in [1.807, 2.05) is 31.2 Å². The molecule has 0 radical (unpaired) electrons. The topological polar surface area (TPSA) is 58.6 Å². The number of carbonyl (C=O) groups is 1. The number of anilines is 1. The van der Waals surface area contributed by atoms with Gasteiger partial charge in [0.2, 0.25) is 0 Å². The van der Waals surface area contributed by atoms with Crippen LogP contribution >= 0.6 is 0 Å². The zero-order valence-corrected chi connectivity index (χ0v) is 9.56. The monoisotopic (exact) mass is 223 g/mol. The molecule has 0 heterocycles. The van der Waals surface area contributed by atoms with Gasteiger partial charge in [-0.15, -0.1) is 0 Å². The van der Waals surface area contributed by atoms with Crippen molar-refractivity contribution in [2.75, 3.05) is 12.4 Å². The Hall–Kier alpha value is -1.71. The zero-order valence-electron chi connectivity index (χ0n) is 9.56. The van der Waals surface area contributed by atoms with Crippen LogP contribution in [0.2, 0.25) is 0 Å². The lowest BCUT2D eigenvalue weighted by molar-refractivity contribution is -0.137. The number of ether oxygens (including phenoxy) is 1. The van der Waals surface area contributed by atoms with Crippen LogP contribution in [0.5, 0.6) is 5.75 Å². The van der Waals surface area contributed by atoms with E-state index < -0.39 is 5.97 Å². The molecule has 1 unspecified atom stereocenters. The second-order valence-electron chi connectivity index (χ2n) is 3.71. The number of benzene rings is 1. The molecular weight excluding hydrogens is 206 g/mol. The highest BCUT2D eigenvalue weighted by Crippen LogP contribution is 2.18. The highest BCUT2D eigenvalue weighted by Gasteiger charge is 2.05. The molecule has 0 aliphatic heterocycles. The summed E-state index contributed by atoms with van der Waals surface area (Å²) >= 11 is 0. The summed E-state index contributed by atoms with van der Waals surface area (Å²) in [4.78, 5) is 10.4. The lowest BCUT2D eigenvalue weighted by Crippen LogP contribution is -2.16. The quantitative estimate of drug-likeness (QED) is 0.777. The number of carboxylic acid groups (broad SMARTS) is 1. The number of carboxylic acids is 1. The van der Waals surface area contributed by atoms with Gasteiger partial charge in [-0.05, 0) is 25.5 Å². The second-order valence-corrected chi connectivity index (χ2v) is 3.71. The Labute approximate surface area is 95.2 Å². The molecule has 0 spiro atoms. The summed E-state index contributed by atoms with van der Waals surface area (Å²) in [6.07, 6.45) is 0.782. The predicted molar refractivity (Wildman–Crippen MR) is 62.9 cm³/mol. The molecule has 1 aromatic rings. The van der Waals surface area contributed by atoms with Gasteiger partial charge in [0.25, 0.3) is 0 Å². The van der Waals surface area contributed by atoms with Gasteiger partial charge < -0.3 is 15.2 Å². The van der Waals surface area contributed by atoms with E-state index in [-0.39, 0.29) is 12.5 Å². The molecule has 16 heavy (non-hydrogen) atoms. The van der Waals surface area contributed by atoms with Crippen LogP contribution in [0.4, 0.5) is 5.69 Å². The molecule has 0 amide bonds. The largest absolute Gasteiger partial charge is 0.497 e. The van der Waals surface area contributed by atoms with Crippen LogP contribution in [0.1, 0.15) is 19.8 Å². The van der Waals surface area contributed by atoms with Crippen molar-refractivity contribution in [1.29, 1.82) is 0 Å². The molecule has 4 heteroatoms. The maximum atomic E-state index is 10.4. The molecule has 88 valence electrons. The maximum Gasteiger partial charge on any atom is 0.303 e. The summed E-state index contributed by atoms with van der Waals surface area (Å²) in [7, 11) is 1.62. The Morgan fingerprint density at radius 2 is 2.31 bits per heavy atom. The highest BCUT2D eigenvalue weighted by atomic mass is 16.5. The van der Waals surface area contributed by atoms with E-state index in [0.717, 1.165) is 11.4 Å². The molecule has 0 aliphatic rings. The van der Waals surface area contributed by atoms with Crippen molar-refractivity contribution in [2.24, 2.45) is 0 Å². The van der Waals surface area contributed by atoms with Crippen molar-refractivity contribution in [3.8, 4) is 5.75 Å². The molecular formula is C12H17NO3. The van der Waals surface area contributed by atoms with E-state index in [4.69, 9.17) is 9.84 Å². The Morgan fingerprint density at radius 1 is 1.56 bits per heavy atom. The van der Waals surface area contributed by atoms with Crippen molar-refractivity contribution in [3.05, 3.63) is 24.3 Å². The number of hydrogen-bond acceptors (Lipinski definition) is 3. The Kier molecular flexibility index (Phi) is 4.64. The molecule has 2 N–H and O–H groups in total. The van der Waals surface area contributed by atoms with E-state index in [9.17, 15) is 4.79 Å². The van der Waals surface area contributed by atoms with Gasteiger partial charge in [-0.1, -0.05) is 6.07 Å². The van der Waals surface area contributed by atoms with E-state index in [0.29, 0.717) is 6.42 Å². The van der Waals surface area contributed by atoms with Crippen molar-refractivity contribution >= 4 is 11.7 Å². The van der Waals surface area contributed by atoms with Gasteiger partial charge in [0, 0.05) is 24.2 Å². The number of rotatable bonds is 6. The Bertz CT molecular complexity index is 352. The van der Waals surface area contributed by atoms with Crippen LogP contribution in [0.3, 0.4) is 0 Å². The fourth-order valence-corrected chi connectivity index (χ4v) is 1.41. The van der Waals surface area contributed by atoms with Crippen molar-refractivity contribution in [3.63, 3.8) is 0 Å². The van der Waals surface area contributed by atoms with Gasteiger partial charge in [-0.2, -0.15) is 0 Å². The summed E-state index contributed by atoms with van der Waals surface area (Å²) in [5.41, 5.74) is 0.942. The maximum absolute atomic E-state index is 10.4. The predicted octanol–water partition coefficient (Wildman–Crippen LogP) is 2.36. The Balaban J connectivity index is 2.48. The number of nitrogens with one attached hydrogen (secondary N) is 1. The van der Waals surface area contributed by atoms with Crippen molar-refractivity contribution < 1.29 is 14.6 Å². The molecule has 0 saturated carbocycles. The van der Waals surface area contributed by atoms with E-state index in [1.165, 1.54) is 0 Å². The average molecular weight is 223 g/mol. The highest BCUT2D eigenvalue weighted by molar-refractivity contribution is 5.66. The van der Waals surface area contributed by atoms with E-state index in [1.54, 1.807) is 7.11 Å². The van der Waals surface area contributed by atoms with Crippen LogP contribution in [-0.2, 0) is 4.79 Å². The number of aliphatic carboxylic acids is 1. The summed E-state index contributed by atoms with van der Waals surface area (Å²) in [6.45, 7) is 1.96. The van der Waals surface area contributed by atoms with Crippen LogP contribution in [0.15, 0.2) is 24.3 Å². The molecule has 0 aromatic heterocycles. The van der Waals surface area contributed by atoms with Crippen molar-refractivity contribution in [2.45, 2.75) is 25.8 Å². The molecule has 1 atom stereocenters. The first kappa shape index (κ1) is 12.4. The second kappa shape index (κ2) is 6.00. The molecule has 0 bridgehead atoms. The average Bonchev–Trinajstić information content (AvgIpc) is 2.26. The van der Waals surface area contributed by atoms with Crippen LogP contribution in [0, 0.1) is 0 Å². The molecule has 1 aromatic carbocycles. The minimum atomic E-state index is -0.765. The Morgan fingerprint density at radius 3 is 2.94 bits per heavy atom. The lowest BCUT2D eigenvalue weighted by atomic mass is 10.1. The van der Waals surface area contributed by atoms with Gasteiger partial charge in [0.05, 0.1) is 7.11 Å². The SMILES string of the molecule is COc1cccc(NC(C)CCC(=O)O)c1. The summed E-state index contributed by atoms with van der Waals surface area (Å²) in [6, 6.07) is 7.71. The van der Waals surface area contributed by atoms with Gasteiger partial charge in [-0.25, -0.2) is 0 Å². The van der Waals surface area contributed by atoms with Crippen molar-refractivity contribution in [1.82, 2.24) is 0 Å². The lowest BCUT2D eigenvalue weighted by Gasteiger charge is -2.14. The number of hydrogen-bond donors (Lipinski definition) is 2. The third-order valence-corrected chi connectivity index (χ3v) is 2.27. The van der Waals surface area contributed by atoms with Crippen LogP contribution < -0.4 is 10.1 Å². The fraction of sp³-hybridized carbons (Fsp3) is 0.417. The molecule has 4 nitrogen and oxygen atoms in total. The van der Waals surface area contributed by atoms with Crippen LogP contribution in [-0.4, -0.2) is 24.2 Å². The summed E-state index contributed by atoms with van der Waals surface area (Å²) in [5, 5.41) is 11.8. The molecule has 0 saturated heterocycles. The van der Waals surface area contributed by atoms with Gasteiger partial charge in [-0.3, -0.25) is 4.79 Å². The normalized spacial score (nSPS) is 11.9. The third kappa shape index (κ3) is 4.21. The van der Waals surface area contributed by atoms with Gasteiger partial charge >= 0.3 is 5.97 Å². The molecule has 1 rings (SSSR count). The third-order valence-electron chi connectivity index (χ3n) is 2.27. The molecule has 0 fully saturated rings. The first-order chi connectivity index (χ1) is 7.61. The van der Waals surface area contributed by atoms with Gasteiger partial charge in [0.15, 0.2) is 0 Å². The fourth-order valence-electron chi connectivity index (χ4n) is 1.41. The zero-order chi connectivity index (χ0) is 12.0. The van der Waals surface area contributed by atoms with E-state index >= 15 is 0 Å². The first-order valence-corrected chi connectivity index (χ1v) is 5.24. The standard InChI is InChI=1S/C12H17NO3/c1-9(6-7-12(14)15)13-10-4-3-5-11(8-10)16-2/h3-5,8-9,13H,6-7H2,1-2H3,(H,14,15). The molecule has 0 aliphatic carbocycles. The smallest absolute Gasteiger partial charge is 0.303 e. The summed E-state index contributed by atoms with van der Waals surface area (Å²) < 4.78 is 5.10. The minimum absolute atomic E-state index is 0.128. The van der Waals surface area contributed by atoms with Crippen LogP contribution in [0.25, 0.3) is 0 Å². The van der Waals surface area contributed by atoms with E-state index in [2.05, 4.69) is 5.32 Å². The summed E-state index contributed by atoms with van der Waals surface area (Å²) in [5.74, 6) is 0.0229. The first-order valence-electron chi connectivity index (χ1n) is 5.24. The van der Waals surface area contributed by atoms with Gasteiger partial charge in [0.1, 0.15) is 5.75 Å².